The first-order valence-corrected chi connectivity index (χ1v) is 10.8. The number of aromatic hydroxyl groups is 1. The Morgan fingerprint density at radius 2 is 1.71 bits per heavy atom. The Labute approximate surface area is 185 Å². The van der Waals surface area contributed by atoms with E-state index < -0.39 is 0 Å². The maximum Gasteiger partial charge on any atom is 0.126 e. The molecule has 2 atom stereocenters. The molecule has 1 aliphatic rings. The third kappa shape index (κ3) is 4.33. The topological polar surface area (TPSA) is 44.6 Å². The Balaban J connectivity index is 1.77. The fraction of sp³-hybridized carbons (Fsp3) is 0.136. The molecular formula is C22H17Br2ClN2O. The molecule has 3 nitrogen and oxygen atoms in total. The molecule has 0 aliphatic carbocycles. The van der Waals surface area contributed by atoms with Crippen LogP contribution in [0.2, 0.25) is 5.02 Å². The number of nitrogens with zero attached hydrogens (tertiary/aromatic N) is 1. The van der Waals surface area contributed by atoms with Gasteiger partial charge in [0.1, 0.15) is 11.9 Å². The summed E-state index contributed by atoms with van der Waals surface area (Å²) < 4.78 is 1.94. The number of benzene rings is 3. The van der Waals surface area contributed by atoms with Crippen molar-refractivity contribution in [1.82, 2.24) is 5.32 Å². The number of rotatable bonds is 3. The predicted octanol–water partition coefficient (Wildman–Crippen LogP) is 6.79. The van der Waals surface area contributed by atoms with Crippen LogP contribution < -0.4 is 5.32 Å². The van der Waals surface area contributed by atoms with E-state index in [0.29, 0.717) is 11.4 Å². The third-order valence-corrected chi connectivity index (χ3v) is 5.99. The summed E-state index contributed by atoms with van der Waals surface area (Å²) in [6.07, 6.45) is 0.438. The van der Waals surface area contributed by atoms with Crippen LogP contribution in [0.15, 0.2) is 80.7 Å². The quantitative estimate of drug-likeness (QED) is 0.399. The second kappa shape index (κ2) is 8.37. The maximum atomic E-state index is 10.5. The van der Waals surface area contributed by atoms with Gasteiger partial charge in [0.2, 0.25) is 0 Å². The highest BCUT2D eigenvalue weighted by molar-refractivity contribution is 9.10. The average Bonchev–Trinajstić information content (AvgIpc) is 2.70. The van der Waals surface area contributed by atoms with E-state index in [1.807, 2.05) is 48.5 Å². The first kappa shape index (κ1) is 19.6. The Bertz CT molecular complexity index is 1040. The van der Waals surface area contributed by atoms with Crippen molar-refractivity contribution in [1.29, 1.82) is 0 Å². The van der Waals surface area contributed by atoms with E-state index in [1.54, 1.807) is 6.07 Å². The minimum atomic E-state index is -0.233. The van der Waals surface area contributed by atoms with Gasteiger partial charge in [0.25, 0.3) is 0 Å². The molecule has 142 valence electrons. The summed E-state index contributed by atoms with van der Waals surface area (Å²) in [5, 5.41) is 14.7. The molecule has 0 aromatic heterocycles. The van der Waals surface area contributed by atoms with Crippen LogP contribution in [0.5, 0.6) is 5.75 Å². The summed E-state index contributed by atoms with van der Waals surface area (Å²) in [7, 11) is 0. The Kier molecular flexibility index (Phi) is 5.88. The van der Waals surface area contributed by atoms with Gasteiger partial charge >= 0.3 is 0 Å². The molecule has 0 bridgehead atoms. The molecule has 0 radical (unpaired) electrons. The van der Waals surface area contributed by atoms with Gasteiger partial charge in [-0.15, -0.1) is 0 Å². The van der Waals surface area contributed by atoms with Gasteiger partial charge < -0.3 is 5.11 Å². The molecule has 1 aliphatic heterocycles. The second-order valence-corrected chi connectivity index (χ2v) is 8.93. The zero-order valence-electron chi connectivity index (χ0n) is 14.7. The van der Waals surface area contributed by atoms with Crippen molar-refractivity contribution in [2.24, 2.45) is 4.99 Å². The van der Waals surface area contributed by atoms with Crippen molar-refractivity contribution in [3.63, 3.8) is 0 Å². The highest BCUT2D eigenvalue weighted by atomic mass is 79.9. The van der Waals surface area contributed by atoms with Gasteiger partial charge in [0.15, 0.2) is 0 Å². The highest BCUT2D eigenvalue weighted by Crippen LogP contribution is 2.36. The number of phenols is 1. The molecule has 0 saturated heterocycles. The fourth-order valence-corrected chi connectivity index (χ4v) is 4.27. The van der Waals surface area contributed by atoms with Crippen molar-refractivity contribution in [2.75, 3.05) is 0 Å². The van der Waals surface area contributed by atoms with Crippen LogP contribution in [0.4, 0.5) is 0 Å². The fourth-order valence-electron chi connectivity index (χ4n) is 3.37. The summed E-state index contributed by atoms with van der Waals surface area (Å²) >= 11 is 13.1. The van der Waals surface area contributed by atoms with Crippen LogP contribution in [-0.4, -0.2) is 10.8 Å². The molecule has 0 saturated carbocycles. The normalized spacial score (nSPS) is 19.3. The predicted molar refractivity (Wildman–Crippen MR) is 121 cm³/mol. The average molecular weight is 521 g/mol. The van der Waals surface area contributed by atoms with Crippen molar-refractivity contribution >= 4 is 49.2 Å². The minimum Gasteiger partial charge on any atom is -0.508 e. The van der Waals surface area contributed by atoms with Gasteiger partial charge in [0.05, 0.1) is 0 Å². The van der Waals surface area contributed by atoms with Gasteiger partial charge in [-0.1, -0.05) is 67.7 Å². The lowest BCUT2D eigenvalue weighted by Crippen LogP contribution is -2.33. The molecule has 0 unspecified atom stereocenters. The lowest BCUT2D eigenvalue weighted by molar-refractivity contribution is 0.412. The standard InChI is InChI=1S/C22H17Br2ClN2O/c23-15-3-1-2-14(10-15)19-12-20(18-11-16(24)6-9-21(18)28)27-22(26-19)13-4-7-17(25)8-5-13/h1-11,20,22,27-28H,12H2/t20-,22+/m1/s1. The summed E-state index contributed by atoms with van der Waals surface area (Å²) in [6, 6.07) is 21.3. The van der Waals surface area contributed by atoms with E-state index in [2.05, 4.69) is 49.3 Å². The van der Waals surface area contributed by atoms with Crippen LogP contribution in [0.25, 0.3) is 0 Å². The molecule has 2 N–H and O–H groups in total. The second-order valence-electron chi connectivity index (χ2n) is 6.67. The lowest BCUT2D eigenvalue weighted by atomic mass is 9.93. The number of phenolic OH excluding ortho intramolecular Hbond substituents is 1. The van der Waals surface area contributed by atoms with Crippen LogP contribution in [-0.2, 0) is 0 Å². The zero-order valence-corrected chi connectivity index (χ0v) is 18.7. The van der Waals surface area contributed by atoms with Gasteiger partial charge in [-0.05, 0) is 53.6 Å². The van der Waals surface area contributed by atoms with Gasteiger partial charge in [-0.3, -0.25) is 10.3 Å². The Hall–Kier alpha value is -1.66. The zero-order chi connectivity index (χ0) is 19.7. The van der Waals surface area contributed by atoms with Crippen molar-refractivity contribution in [2.45, 2.75) is 18.6 Å². The number of hydrogen-bond donors (Lipinski definition) is 2. The monoisotopic (exact) mass is 518 g/mol. The van der Waals surface area contributed by atoms with Crippen molar-refractivity contribution in [3.8, 4) is 5.75 Å². The van der Waals surface area contributed by atoms with Crippen LogP contribution >= 0.6 is 43.5 Å². The largest absolute Gasteiger partial charge is 0.508 e. The van der Waals surface area contributed by atoms with E-state index in [4.69, 9.17) is 16.6 Å². The molecule has 3 aromatic carbocycles. The minimum absolute atomic E-state index is 0.0790. The van der Waals surface area contributed by atoms with Gasteiger partial charge in [-0.2, -0.15) is 0 Å². The van der Waals surface area contributed by atoms with E-state index in [-0.39, 0.29) is 18.0 Å². The lowest BCUT2D eigenvalue weighted by Gasteiger charge is -2.31. The first-order valence-electron chi connectivity index (χ1n) is 8.82. The summed E-state index contributed by atoms with van der Waals surface area (Å²) in [4.78, 5) is 4.97. The number of nitrogens with one attached hydrogen (secondary N) is 1. The molecule has 1 heterocycles. The molecule has 3 aromatic rings. The highest BCUT2D eigenvalue weighted by Gasteiger charge is 2.27. The van der Waals surface area contributed by atoms with E-state index >= 15 is 0 Å². The number of aliphatic imine (C=N–C) groups is 1. The molecule has 6 heteroatoms. The summed E-state index contributed by atoms with van der Waals surface area (Å²) in [5.41, 5.74) is 3.92. The molecule has 0 fully saturated rings. The molecule has 28 heavy (non-hydrogen) atoms. The van der Waals surface area contributed by atoms with Crippen molar-refractivity contribution < 1.29 is 5.11 Å². The summed E-state index contributed by atoms with van der Waals surface area (Å²) in [6.45, 7) is 0. The molecule has 0 amide bonds. The van der Waals surface area contributed by atoms with Crippen LogP contribution in [0, 0.1) is 0 Å². The van der Waals surface area contributed by atoms with E-state index in [1.165, 1.54) is 0 Å². The number of halogens is 3. The molecule has 0 spiro atoms. The third-order valence-electron chi connectivity index (χ3n) is 4.75. The van der Waals surface area contributed by atoms with Crippen LogP contribution in [0.3, 0.4) is 0 Å². The Morgan fingerprint density at radius 3 is 2.46 bits per heavy atom. The van der Waals surface area contributed by atoms with Gasteiger partial charge in [0, 0.05) is 37.7 Å². The molecular weight excluding hydrogens is 504 g/mol. The van der Waals surface area contributed by atoms with Crippen molar-refractivity contribution in [3.05, 3.63) is 97.4 Å². The van der Waals surface area contributed by atoms with Crippen LogP contribution in [0.1, 0.15) is 35.3 Å². The van der Waals surface area contributed by atoms with E-state index in [9.17, 15) is 5.11 Å². The molecule has 4 rings (SSSR count). The SMILES string of the molecule is Oc1ccc(Br)cc1[C@H]1CC(c2cccc(Br)c2)=N[C@H](c2ccc(Cl)cc2)N1. The van der Waals surface area contributed by atoms with Gasteiger partial charge in [-0.25, -0.2) is 0 Å². The maximum absolute atomic E-state index is 10.5. The van der Waals surface area contributed by atoms with E-state index in [0.717, 1.165) is 31.3 Å². The first-order chi connectivity index (χ1) is 13.5. The summed E-state index contributed by atoms with van der Waals surface area (Å²) in [5.74, 6) is 0.269. The Morgan fingerprint density at radius 1 is 0.964 bits per heavy atom. The number of hydrogen-bond acceptors (Lipinski definition) is 3. The smallest absolute Gasteiger partial charge is 0.126 e.